The molecule has 1 unspecified atom stereocenters. The van der Waals surface area contributed by atoms with Crippen LogP contribution >= 0.6 is 11.3 Å². The Bertz CT molecular complexity index is 482. The van der Waals surface area contributed by atoms with Crippen molar-refractivity contribution >= 4 is 17.3 Å². The highest BCUT2D eigenvalue weighted by molar-refractivity contribution is 7.12. The molecule has 0 saturated carbocycles. The standard InChI is InChI=1S/C16H28N4OS/c1-13-6-7-15(22-13)14(20-8-10-21-11-9-20)12-17-16(18(2)3)19(4)5/h6-7,14H,8-12H2,1-5H3. The molecule has 0 N–H and O–H groups in total. The normalized spacial score (nSPS) is 17.1. The molecular weight excluding hydrogens is 296 g/mol. The van der Waals surface area contributed by atoms with E-state index >= 15 is 0 Å². The van der Waals surface area contributed by atoms with E-state index < -0.39 is 0 Å². The summed E-state index contributed by atoms with van der Waals surface area (Å²) < 4.78 is 5.50. The molecule has 1 aliphatic heterocycles. The minimum Gasteiger partial charge on any atom is -0.379 e. The van der Waals surface area contributed by atoms with Crippen LogP contribution in [0.2, 0.25) is 0 Å². The quantitative estimate of drug-likeness (QED) is 0.625. The van der Waals surface area contributed by atoms with Crippen molar-refractivity contribution in [1.29, 1.82) is 0 Å². The fourth-order valence-corrected chi connectivity index (χ4v) is 3.76. The van der Waals surface area contributed by atoms with Gasteiger partial charge in [0.2, 0.25) is 0 Å². The number of nitrogens with zero attached hydrogens (tertiary/aromatic N) is 4. The first-order chi connectivity index (χ1) is 10.5. The Labute approximate surface area is 138 Å². The van der Waals surface area contributed by atoms with Gasteiger partial charge in [0, 0.05) is 51.0 Å². The van der Waals surface area contributed by atoms with E-state index in [2.05, 4.69) is 33.8 Å². The van der Waals surface area contributed by atoms with Crippen LogP contribution < -0.4 is 0 Å². The molecule has 0 bridgehead atoms. The summed E-state index contributed by atoms with van der Waals surface area (Å²) in [5.74, 6) is 1.01. The van der Waals surface area contributed by atoms with E-state index in [9.17, 15) is 0 Å². The van der Waals surface area contributed by atoms with Gasteiger partial charge in [0.05, 0.1) is 25.8 Å². The number of thiophene rings is 1. The summed E-state index contributed by atoms with van der Waals surface area (Å²) in [5.41, 5.74) is 0. The van der Waals surface area contributed by atoms with Gasteiger partial charge >= 0.3 is 0 Å². The summed E-state index contributed by atoms with van der Waals surface area (Å²) >= 11 is 1.88. The second kappa shape index (κ2) is 7.94. The molecule has 0 aromatic carbocycles. The lowest BCUT2D eigenvalue weighted by Crippen LogP contribution is -2.41. The summed E-state index contributed by atoms with van der Waals surface area (Å²) in [5, 5.41) is 0. The van der Waals surface area contributed by atoms with Crippen LogP contribution in [0.1, 0.15) is 15.8 Å². The highest BCUT2D eigenvalue weighted by atomic mass is 32.1. The lowest BCUT2D eigenvalue weighted by atomic mass is 10.2. The Morgan fingerprint density at radius 1 is 1.23 bits per heavy atom. The van der Waals surface area contributed by atoms with E-state index in [1.165, 1.54) is 9.75 Å². The van der Waals surface area contributed by atoms with Crippen molar-refractivity contribution in [2.45, 2.75) is 13.0 Å². The van der Waals surface area contributed by atoms with Crippen LogP contribution in [0.25, 0.3) is 0 Å². The van der Waals surface area contributed by atoms with Gasteiger partial charge in [-0.05, 0) is 19.1 Å². The predicted octanol–water partition coefficient (Wildman–Crippen LogP) is 1.91. The van der Waals surface area contributed by atoms with E-state index in [1.807, 2.05) is 39.5 Å². The summed E-state index contributed by atoms with van der Waals surface area (Å²) in [7, 11) is 8.16. The van der Waals surface area contributed by atoms with Gasteiger partial charge in [-0.25, -0.2) is 0 Å². The second-order valence-corrected chi connectivity index (χ2v) is 7.36. The average Bonchev–Trinajstić information content (AvgIpc) is 2.90. The first-order valence-corrected chi connectivity index (χ1v) is 8.58. The molecule has 1 aromatic heterocycles. The lowest BCUT2D eigenvalue weighted by Gasteiger charge is -2.33. The van der Waals surface area contributed by atoms with Crippen LogP contribution in [0, 0.1) is 6.92 Å². The van der Waals surface area contributed by atoms with E-state index in [4.69, 9.17) is 9.73 Å². The first kappa shape index (κ1) is 17.2. The third-order valence-electron chi connectivity index (χ3n) is 3.78. The zero-order valence-corrected chi connectivity index (χ0v) is 15.2. The molecule has 0 aliphatic carbocycles. The van der Waals surface area contributed by atoms with E-state index in [1.54, 1.807) is 0 Å². The van der Waals surface area contributed by atoms with Crippen LogP contribution in [0.4, 0.5) is 0 Å². The van der Waals surface area contributed by atoms with Crippen LogP contribution in [0.3, 0.4) is 0 Å². The number of rotatable bonds is 4. The highest BCUT2D eigenvalue weighted by Gasteiger charge is 2.24. The molecule has 0 radical (unpaired) electrons. The fourth-order valence-electron chi connectivity index (χ4n) is 2.76. The average molecular weight is 324 g/mol. The van der Waals surface area contributed by atoms with Gasteiger partial charge in [-0.15, -0.1) is 11.3 Å². The Morgan fingerprint density at radius 2 is 1.86 bits per heavy atom. The molecule has 1 fully saturated rings. The number of morpholine rings is 1. The largest absolute Gasteiger partial charge is 0.379 e. The van der Waals surface area contributed by atoms with Crippen molar-refractivity contribution in [3.05, 3.63) is 21.9 Å². The Morgan fingerprint density at radius 3 is 2.36 bits per heavy atom. The molecular formula is C16H28N4OS. The molecule has 1 saturated heterocycles. The van der Waals surface area contributed by atoms with Crippen molar-refractivity contribution in [3.8, 4) is 0 Å². The number of ether oxygens (including phenoxy) is 1. The SMILES string of the molecule is Cc1ccc(C(CN=C(N(C)C)N(C)C)N2CCOCC2)s1. The molecule has 6 heteroatoms. The minimum atomic E-state index is 0.345. The lowest BCUT2D eigenvalue weighted by molar-refractivity contribution is 0.0186. The summed E-state index contributed by atoms with van der Waals surface area (Å²) in [6.45, 7) is 6.55. The van der Waals surface area contributed by atoms with Crippen molar-refractivity contribution in [2.24, 2.45) is 4.99 Å². The highest BCUT2D eigenvalue weighted by Crippen LogP contribution is 2.28. The number of aryl methyl sites for hydroxylation is 1. The number of hydrogen-bond donors (Lipinski definition) is 0. The van der Waals surface area contributed by atoms with Crippen molar-refractivity contribution in [3.63, 3.8) is 0 Å². The van der Waals surface area contributed by atoms with Crippen LogP contribution in [0.15, 0.2) is 17.1 Å². The van der Waals surface area contributed by atoms with Crippen LogP contribution in [-0.2, 0) is 4.74 Å². The number of aliphatic imine (C=N–C) groups is 1. The molecule has 0 spiro atoms. The molecule has 2 heterocycles. The topological polar surface area (TPSA) is 31.3 Å². The first-order valence-electron chi connectivity index (χ1n) is 7.76. The maximum absolute atomic E-state index is 5.50. The van der Waals surface area contributed by atoms with Gasteiger partial charge in [-0.2, -0.15) is 0 Å². The summed E-state index contributed by atoms with van der Waals surface area (Å²) in [4.78, 5) is 14.3. The Hall–Kier alpha value is -1.11. The molecule has 1 atom stereocenters. The van der Waals surface area contributed by atoms with Crippen LogP contribution in [-0.4, -0.2) is 81.7 Å². The third-order valence-corrected chi connectivity index (χ3v) is 4.88. The molecule has 1 aromatic rings. The van der Waals surface area contributed by atoms with Crippen molar-refractivity contribution in [2.75, 3.05) is 61.0 Å². The fraction of sp³-hybridized carbons (Fsp3) is 0.688. The van der Waals surface area contributed by atoms with Gasteiger partial charge in [-0.1, -0.05) is 0 Å². The summed E-state index contributed by atoms with van der Waals surface area (Å²) in [6, 6.07) is 4.80. The van der Waals surface area contributed by atoms with Gasteiger partial charge in [0.15, 0.2) is 5.96 Å². The van der Waals surface area contributed by atoms with E-state index in [0.29, 0.717) is 6.04 Å². The maximum Gasteiger partial charge on any atom is 0.195 e. The zero-order valence-electron chi connectivity index (χ0n) is 14.4. The zero-order chi connectivity index (χ0) is 16.1. The van der Waals surface area contributed by atoms with Crippen LogP contribution in [0.5, 0.6) is 0 Å². The Kier molecular flexibility index (Phi) is 6.23. The molecule has 0 amide bonds. The molecule has 22 heavy (non-hydrogen) atoms. The predicted molar refractivity (Wildman–Crippen MR) is 93.9 cm³/mol. The third kappa shape index (κ3) is 4.44. The minimum absolute atomic E-state index is 0.345. The number of hydrogen-bond acceptors (Lipinski definition) is 4. The van der Waals surface area contributed by atoms with Gasteiger partial charge in [0.25, 0.3) is 0 Å². The molecule has 5 nitrogen and oxygen atoms in total. The van der Waals surface area contributed by atoms with E-state index in [-0.39, 0.29) is 0 Å². The van der Waals surface area contributed by atoms with Crippen molar-refractivity contribution in [1.82, 2.24) is 14.7 Å². The smallest absolute Gasteiger partial charge is 0.195 e. The molecule has 124 valence electrons. The van der Waals surface area contributed by atoms with Gasteiger partial charge < -0.3 is 14.5 Å². The van der Waals surface area contributed by atoms with Gasteiger partial charge in [-0.3, -0.25) is 9.89 Å². The second-order valence-electron chi connectivity index (χ2n) is 6.04. The summed E-state index contributed by atoms with van der Waals surface area (Å²) in [6.07, 6.45) is 0. The number of guanidine groups is 1. The molecule has 1 aliphatic rings. The Balaban J connectivity index is 2.18. The monoisotopic (exact) mass is 324 g/mol. The maximum atomic E-state index is 5.50. The van der Waals surface area contributed by atoms with Crippen molar-refractivity contribution < 1.29 is 4.74 Å². The molecule has 2 rings (SSSR count). The van der Waals surface area contributed by atoms with Gasteiger partial charge in [0.1, 0.15) is 0 Å². The van der Waals surface area contributed by atoms with E-state index in [0.717, 1.165) is 38.8 Å².